The Balaban J connectivity index is 1.29. The van der Waals surface area contributed by atoms with Crippen LogP contribution in [0.2, 0.25) is 0 Å². The van der Waals surface area contributed by atoms with Crippen molar-refractivity contribution in [3.8, 4) is 11.8 Å². The Hall–Kier alpha value is -3.02. The van der Waals surface area contributed by atoms with Crippen LogP contribution in [0.25, 0.3) is 0 Å². The number of fused-ring (bicyclic) bond motifs is 1. The van der Waals surface area contributed by atoms with Gasteiger partial charge in [-0.2, -0.15) is 13.2 Å². The molecule has 0 radical (unpaired) electrons. The molecule has 1 unspecified atom stereocenters. The normalized spacial score (nSPS) is 19.9. The maximum absolute atomic E-state index is 13.7. The number of aromatic nitrogens is 2. The highest BCUT2D eigenvalue weighted by Gasteiger charge is 2.56. The number of hydrogen-bond acceptors (Lipinski definition) is 7. The summed E-state index contributed by atoms with van der Waals surface area (Å²) >= 11 is 0. The lowest BCUT2D eigenvalue weighted by molar-refractivity contribution is -0.389. The van der Waals surface area contributed by atoms with Gasteiger partial charge < -0.3 is 29.2 Å². The fourth-order valence-electron chi connectivity index (χ4n) is 4.21. The predicted octanol–water partition coefficient (Wildman–Crippen LogP) is 4.35. The number of hydrogen-bond donors (Lipinski definition) is 0. The molecule has 0 saturated carbocycles. The molecular weight excluding hydrogens is 457 g/mol. The standard InChI is InChI=1S/C22H27F3N4O5/c1-2-13-33-21(22(23,24)25)8-11-27(12-9-21)16-3-5-17(6-4-16)32-15-18-7-10-28-14-19(29(30)31)26-20(28)34-18/h3-6,14,18H,2,7-13,15H2,1H3. The van der Waals surface area contributed by atoms with Crippen molar-refractivity contribution < 1.29 is 32.3 Å². The van der Waals surface area contributed by atoms with Gasteiger partial charge in [0.15, 0.2) is 5.60 Å². The largest absolute Gasteiger partial charge is 0.490 e. The molecule has 0 aliphatic carbocycles. The van der Waals surface area contributed by atoms with Crippen LogP contribution in [0.3, 0.4) is 0 Å². The summed E-state index contributed by atoms with van der Waals surface area (Å²) in [7, 11) is 0. The Morgan fingerprint density at radius 3 is 2.56 bits per heavy atom. The van der Waals surface area contributed by atoms with E-state index in [0.717, 1.165) is 5.69 Å². The Kier molecular flexibility index (Phi) is 6.87. The van der Waals surface area contributed by atoms with Crippen LogP contribution in [-0.2, 0) is 11.3 Å². The van der Waals surface area contributed by atoms with E-state index in [1.807, 2.05) is 17.0 Å². The summed E-state index contributed by atoms with van der Waals surface area (Å²) in [5.74, 6) is 0.342. The van der Waals surface area contributed by atoms with Crippen molar-refractivity contribution in [1.29, 1.82) is 0 Å². The van der Waals surface area contributed by atoms with Crippen LogP contribution in [0.1, 0.15) is 32.6 Å². The van der Waals surface area contributed by atoms with E-state index in [9.17, 15) is 23.3 Å². The fourth-order valence-corrected chi connectivity index (χ4v) is 4.21. The Morgan fingerprint density at radius 2 is 1.94 bits per heavy atom. The Labute approximate surface area is 194 Å². The number of imidazole rings is 1. The van der Waals surface area contributed by atoms with Gasteiger partial charge in [0.05, 0.1) is 0 Å². The van der Waals surface area contributed by atoms with Crippen molar-refractivity contribution >= 4 is 11.5 Å². The summed E-state index contributed by atoms with van der Waals surface area (Å²) in [5, 5.41) is 10.9. The summed E-state index contributed by atoms with van der Waals surface area (Å²) in [6.45, 7) is 3.17. The molecular formula is C22H27F3N4O5. The molecule has 12 heteroatoms. The predicted molar refractivity (Wildman–Crippen MR) is 116 cm³/mol. The molecule has 1 saturated heterocycles. The van der Waals surface area contributed by atoms with Gasteiger partial charge in [-0.05, 0) is 35.6 Å². The summed E-state index contributed by atoms with van der Waals surface area (Å²) in [6, 6.07) is 7.37. The third-order valence-electron chi connectivity index (χ3n) is 6.19. The number of ether oxygens (including phenoxy) is 3. The Morgan fingerprint density at radius 1 is 1.24 bits per heavy atom. The second-order valence-electron chi connectivity index (χ2n) is 8.49. The minimum absolute atomic E-state index is 0.0923. The van der Waals surface area contributed by atoms with Crippen LogP contribution in [0.5, 0.6) is 11.8 Å². The molecule has 2 aromatic rings. The first-order chi connectivity index (χ1) is 16.2. The third-order valence-corrected chi connectivity index (χ3v) is 6.19. The zero-order chi connectivity index (χ0) is 24.3. The molecule has 1 aromatic heterocycles. The van der Waals surface area contributed by atoms with E-state index in [2.05, 4.69) is 4.98 Å². The highest BCUT2D eigenvalue weighted by atomic mass is 19.4. The number of rotatable bonds is 8. The minimum Gasteiger partial charge on any atom is -0.490 e. The van der Waals surface area contributed by atoms with Gasteiger partial charge in [-0.25, -0.2) is 0 Å². The summed E-state index contributed by atoms with van der Waals surface area (Å²) in [5.41, 5.74) is -1.25. The van der Waals surface area contributed by atoms with Crippen LogP contribution in [0.4, 0.5) is 24.7 Å². The molecule has 2 aliphatic rings. The van der Waals surface area contributed by atoms with Crippen LogP contribution >= 0.6 is 0 Å². The number of benzene rings is 1. The maximum atomic E-state index is 13.7. The second-order valence-corrected chi connectivity index (χ2v) is 8.49. The van der Waals surface area contributed by atoms with Gasteiger partial charge in [0, 0.05) is 56.2 Å². The molecule has 34 heavy (non-hydrogen) atoms. The molecule has 4 rings (SSSR count). The van der Waals surface area contributed by atoms with Gasteiger partial charge in [0.2, 0.25) is 0 Å². The van der Waals surface area contributed by atoms with Crippen molar-refractivity contribution in [2.45, 2.75) is 57.0 Å². The number of aryl methyl sites for hydroxylation is 1. The van der Waals surface area contributed by atoms with Gasteiger partial charge in [0.25, 0.3) is 0 Å². The first kappa shape index (κ1) is 24.1. The molecule has 9 nitrogen and oxygen atoms in total. The van der Waals surface area contributed by atoms with Gasteiger partial charge in [-0.15, -0.1) is 0 Å². The topological polar surface area (TPSA) is 91.9 Å². The molecule has 3 heterocycles. The number of alkyl halides is 3. The molecule has 0 spiro atoms. The molecule has 0 amide bonds. The van der Waals surface area contributed by atoms with Gasteiger partial charge >= 0.3 is 18.0 Å². The zero-order valence-corrected chi connectivity index (χ0v) is 18.8. The smallest absolute Gasteiger partial charge is 0.417 e. The van der Waals surface area contributed by atoms with Crippen LogP contribution in [0.15, 0.2) is 30.5 Å². The number of anilines is 1. The van der Waals surface area contributed by atoms with Crippen molar-refractivity contribution in [1.82, 2.24) is 9.55 Å². The first-order valence-electron chi connectivity index (χ1n) is 11.3. The number of halogens is 3. The lowest BCUT2D eigenvalue weighted by Gasteiger charge is -2.43. The van der Waals surface area contributed by atoms with Crippen LogP contribution < -0.4 is 14.4 Å². The first-order valence-corrected chi connectivity index (χ1v) is 11.3. The van der Waals surface area contributed by atoms with Crippen molar-refractivity contribution in [3.05, 3.63) is 40.6 Å². The van der Waals surface area contributed by atoms with Gasteiger partial charge in [-0.3, -0.25) is 4.57 Å². The molecule has 1 aromatic carbocycles. The van der Waals surface area contributed by atoms with E-state index in [-0.39, 0.29) is 57.1 Å². The summed E-state index contributed by atoms with van der Waals surface area (Å²) in [6.07, 6.45) is -2.40. The van der Waals surface area contributed by atoms with E-state index in [1.54, 1.807) is 23.6 Å². The van der Waals surface area contributed by atoms with Crippen molar-refractivity contribution in [2.75, 3.05) is 31.2 Å². The highest BCUT2D eigenvalue weighted by molar-refractivity contribution is 5.49. The van der Waals surface area contributed by atoms with E-state index in [0.29, 0.717) is 25.1 Å². The average molecular weight is 484 g/mol. The molecule has 0 N–H and O–H groups in total. The van der Waals surface area contributed by atoms with E-state index in [4.69, 9.17) is 14.2 Å². The molecule has 186 valence electrons. The van der Waals surface area contributed by atoms with Crippen LogP contribution in [-0.4, -0.2) is 58.7 Å². The summed E-state index contributed by atoms with van der Waals surface area (Å²) < 4.78 is 59.3. The highest BCUT2D eigenvalue weighted by Crippen LogP contribution is 2.42. The molecule has 0 bridgehead atoms. The van der Waals surface area contributed by atoms with E-state index < -0.39 is 16.7 Å². The molecule has 1 fully saturated rings. The molecule has 2 aliphatic heterocycles. The lowest BCUT2D eigenvalue weighted by atomic mass is 9.90. The average Bonchev–Trinajstić information content (AvgIpc) is 3.25. The summed E-state index contributed by atoms with van der Waals surface area (Å²) in [4.78, 5) is 16.1. The van der Waals surface area contributed by atoms with Crippen molar-refractivity contribution in [3.63, 3.8) is 0 Å². The lowest BCUT2D eigenvalue weighted by Crippen LogP contribution is -2.55. The quantitative estimate of drug-likeness (QED) is 0.406. The SMILES string of the molecule is CCCOC1(C(F)(F)F)CCN(c2ccc(OCC3CCn4cc([N+](=O)[O-])nc4O3)cc2)CC1. The van der Waals surface area contributed by atoms with Gasteiger partial charge in [-0.1, -0.05) is 6.92 Å². The zero-order valence-electron chi connectivity index (χ0n) is 18.8. The van der Waals surface area contributed by atoms with Crippen molar-refractivity contribution in [2.24, 2.45) is 0 Å². The number of nitro groups is 1. The van der Waals surface area contributed by atoms with E-state index >= 15 is 0 Å². The second kappa shape index (κ2) is 9.69. The van der Waals surface area contributed by atoms with Gasteiger partial charge in [0.1, 0.15) is 24.7 Å². The Bertz CT molecular complexity index is 987. The maximum Gasteiger partial charge on any atom is 0.417 e. The van der Waals surface area contributed by atoms with E-state index in [1.165, 1.54) is 6.20 Å². The minimum atomic E-state index is -4.39. The fraction of sp³-hybridized carbons (Fsp3) is 0.591. The monoisotopic (exact) mass is 484 g/mol. The van der Waals surface area contributed by atoms with Crippen LogP contribution in [0, 0.1) is 10.1 Å². The number of nitrogens with zero attached hydrogens (tertiary/aromatic N) is 4. The number of piperidine rings is 1. The molecule has 1 atom stereocenters. The third kappa shape index (κ3) is 5.06.